The third-order valence-corrected chi connectivity index (χ3v) is 2.74. The number of nitrogens with zero attached hydrogens (tertiary/aromatic N) is 2. The van der Waals surface area contributed by atoms with Gasteiger partial charge >= 0.3 is 0 Å². The molecule has 0 radical (unpaired) electrons. The van der Waals surface area contributed by atoms with Crippen LogP contribution < -0.4 is 4.57 Å². The summed E-state index contributed by atoms with van der Waals surface area (Å²) in [6, 6.07) is 10.5. The molecule has 1 unspecified atom stereocenters. The van der Waals surface area contributed by atoms with Crippen molar-refractivity contribution < 1.29 is 4.57 Å². The van der Waals surface area contributed by atoms with Crippen LogP contribution in [0.15, 0.2) is 74.4 Å². The second-order valence-corrected chi connectivity index (χ2v) is 3.94. The van der Waals surface area contributed by atoms with Crippen molar-refractivity contribution in [2.24, 2.45) is 0 Å². The summed E-state index contributed by atoms with van der Waals surface area (Å²) in [5.41, 5.74) is 1.24. The SMILES string of the molecule is C=CC[n+]1ccn(C(C=C)c2ccccc2)c1. The quantitative estimate of drug-likeness (QED) is 0.546. The van der Waals surface area contributed by atoms with Crippen molar-refractivity contribution in [1.82, 2.24) is 4.57 Å². The molecule has 0 aliphatic heterocycles. The van der Waals surface area contributed by atoms with Crippen LogP contribution >= 0.6 is 0 Å². The third kappa shape index (κ3) is 2.53. The third-order valence-electron chi connectivity index (χ3n) is 2.74. The molecule has 0 N–H and O–H groups in total. The van der Waals surface area contributed by atoms with E-state index in [0.717, 1.165) is 6.54 Å². The van der Waals surface area contributed by atoms with Crippen LogP contribution in [0, 0.1) is 0 Å². The minimum Gasteiger partial charge on any atom is -0.233 e. The molecule has 2 heteroatoms. The first-order chi connectivity index (χ1) is 8.35. The lowest BCUT2D eigenvalue weighted by Gasteiger charge is -2.08. The van der Waals surface area contributed by atoms with Gasteiger partial charge in [0.2, 0.25) is 6.33 Å². The Morgan fingerprint density at radius 1 is 1.24 bits per heavy atom. The van der Waals surface area contributed by atoms with Gasteiger partial charge in [-0.15, -0.1) is 0 Å². The van der Waals surface area contributed by atoms with E-state index in [9.17, 15) is 0 Å². The summed E-state index contributed by atoms with van der Waals surface area (Å²) < 4.78 is 4.23. The number of allylic oxidation sites excluding steroid dienone is 2. The van der Waals surface area contributed by atoms with Crippen molar-refractivity contribution in [2.45, 2.75) is 12.6 Å². The summed E-state index contributed by atoms with van der Waals surface area (Å²) in [7, 11) is 0. The lowest BCUT2D eigenvalue weighted by molar-refractivity contribution is -0.686. The summed E-state index contributed by atoms with van der Waals surface area (Å²) in [5.74, 6) is 0. The van der Waals surface area contributed by atoms with Crippen LogP contribution in [0.1, 0.15) is 11.6 Å². The Morgan fingerprint density at radius 3 is 2.65 bits per heavy atom. The van der Waals surface area contributed by atoms with E-state index in [1.807, 2.05) is 36.5 Å². The lowest BCUT2D eigenvalue weighted by atomic mass is 10.1. The molecule has 86 valence electrons. The Morgan fingerprint density at radius 2 is 2.00 bits per heavy atom. The van der Waals surface area contributed by atoms with E-state index in [4.69, 9.17) is 0 Å². The fourth-order valence-corrected chi connectivity index (χ4v) is 1.91. The normalized spacial score (nSPS) is 12.0. The number of aromatic nitrogens is 2. The van der Waals surface area contributed by atoms with E-state index >= 15 is 0 Å². The second kappa shape index (κ2) is 5.30. The smallest absolute Gasteiger partial charge is 0.233 e. The minimum atomic E-state index is 0.183. The van der Waals surface area contributed by atoms with Crippen LogP contribution in [0.4, 0.5) is 0 Å². The highest BCUT2D eigenvalue weighted by Crippen LogP contribution is 2.17. The van der Waals surface area contributed by atoms with E-state index in [1.54, 1.807) is 0 Å². The molecule has 2 rings (SSSR count). The molecule has 17 heavy (non-hydrogen) atoms. The van der Waals surface area contributed by atoms with Crippen LogP contribution in [-0.4, -0.2) is 4.57 Å². The Bertz CT molecular complexity index is 497. The van der Waals surface area contributed by atoms with E-state index in [0.29, 0.717) is 0 Å². The molecular formula is C15H17N2+. The highest BCUT2D eigenvalue weighted by molar-refractivity contribution is 5.23. The summed E-state index contributed by atoms with van der Waals surface area (Å²) in [6.07, 6.45) is 10.0. The monoisotopic (exact) mass is 225 g/mol. The molecule has 1 heterocycles. The van der Waals surface area contributed by atoms with Gasteiger partial charge in [0, 0.05) is 5.56 Å². The maximum absolute atomic E-state index is 3.92. The highest BCUT2D eigenvalue weighted by atomic mass is 15.1. The van der Waals surface area contributed by atoms with E-state index in [1.165, 1.54) is 5.56 Å². The van der Waals surface area contributed by atoms with Crippen molar-refractivity contribution in [3.05, 3.63) is 79.9 Å². The Labute approximate surface area is 102 Å². The van der Waals surface area contributed by atoms with Gasteiger partial charge < -0.3 is 0 Å². The summed E-state index contributed by atoms with van der Waals surface area (Å²) in [5, 5.41) is 0. The van der Waals surface area contributed by atoms with Gasteiger partial charge in [-0.3, -0.25) is 0 Å². The molecule has 1 aromatic carbocycles. The van der Waals surface area contributed by atoms with Gasteiger partial charge in [0.25, 0.3) is 0 Å². The van der Waals surface area contributed by atoms with Crippen molar-refractivity contribution in [3.63, 3.8) is 0 Å². The fraction of sp³-hybridized carbons (Fsp3) is 0.133. The minimum absolute atomic E-state index is 0.183. The topological polar surface area (TPSA) is 8.81 Å². The van der Waals surface area contributed by atoms with Crippen molar-refractivity contribution in [1.29, 1.82) is 0 Å². The molecule has 1 atom stereocenters. The van der Waals surface area contributed by atoms with Gasteiger partial charge in [0.15, 0.2) is 0 Å². The number of rotatable bonds is 5. The fourth-order valence-electron chi connectivity index (χ4n) is 1.91. The zero-order valence-electron chi connectivity index (χ0n) is 9.87. The maximum atomic E-state index is 3.92. The average Bonchev–Trinajstić information content (AvgIpc) is 2.81. The number of benzene rings is 1. The van der Waals surface area contributed by atoms with Gasteiger partial charge in [-0.1, -0.05) is 49.6 Å². The molecule has 2 aromatic rings. The predicted molar refractivity (Wildman–Crippen MR) is 69.6 cm³/mol. The average molecular weight is 225 g/mol. The first kappa shape index (κ1) is 11.4. The van der Waals surface area contributed by atoms with Crippen LogP contribution in [-0.2, 0) is 6.54 Å². The molecule has 0 saturated heterocycles. The van der Waals surface area contributed by atoms with Crippen LogP contribution in [0.3, 0.4) is 0 Å². The zero-order chi connectivity index (χ0) is 12.1. The number of hydrogen-bond acceptors (Lipinski definition) is 0. The summed E-state index contributed by atoms with van der Waals surface area (Å²) >= 11 is 0. The van der Waals surface area contributed by atoms with E-state index in [-0.39, 0.29) is 6.04 Å². The summed E-state index contributed by atoms with van der Waals surface area (Å²) in [4.78, 5) is 0. The zero-order valence-corrected chi connectivity index (χ0v) is 9.87. The Kier molecular flexibility index (Phi) is 3.55. The van der Waals surface area contributed by atoms with Gasteiger partial charge in [-0.2, -0.15) is 0 Å². The highest BCUT2D eigenvalue weighted by Gasteiger charge is 2.14. The van der Waals surface area contributed by atoms with Gasteiger partial charge in [0.05, 0.1) is 0 Å². The first-order valence-electron chi connectivity index (χ1n) is 5.70. The molecule has 0 spiro atoms. The molecule has 0 saturated carbocycles. The first-order valence-corrected chi connectivity index (χ1v) is 5.70. The second-order valence-electron chi connectivity index (χ2n) is 3.94. The van der Waals surface area contributed by atoms with Crippen LogP contribution in [0.2, 0.25) is 0 Å². The molecule has 0 aliphatic carbocycles. The van der Waals surface area contributed by atoms with Gasteiger partial charge in [0.1, 0.15) is 25.0 Å². The Balaban J connectivity index is 2.29. The van der Waals surface area contributed by atoms with Crippen molar-refractivity contribution in [2.75, 3.05) is 0 Å². The lowest BCUT2D eigenvalue weighted by Crippen LogP contribution is -2.29. The van der Waals surface area contributed by atoms with Crippen molar-refractivity contribution >= 4 is 0 Å². The molecule has 2 nitrogen and oxygen atoms in total. The molecule has 0 fully saturated rings. The molecule has 0 bridgehead atoms. The largest absolute Gasteiger partial charge is 0.244 e. The van der Waals surface area contributed by atoms with Gasteiger partial charge in [-0.25, -0.2) is 9.13 Å². The van der Waals surface area contributed by atoms with E-state index < -0.39 is 0 Å². The number of imidazole rings is 1. The van der Waals surface area contributed by atoms with Gasteiger partial charge in [-0.05, 0) is 6.08 Å². The van der Waals surface area contributed by atoms with Crippen molar-refractivity contribution in [3.8, 4) is 0 Å². The van der Waals surface area contributed by atoms with E-state index in [2.05, 4.69) is 46.9 Å². The maximum Gasteiger partial charge on any atom is 0.244 e. The molecule has 1 aromatic heterocycles. The summed E-state index contributed by atoms with van der Waals surface area (Å²) in [6.45, 7) is 8.48. The predicted octanol–water partition coefficient (Wildman–Crippen LogP) is 2.74. The molecule has 0 amide bonds. The molecule has 0 aliphatic rings. The van der Waals surface area contributed by atoms with Crippen LogP contribution in [0.5, 0.6) is 0 Å². The molecular weight excluding hydrogens is 208 g/mol. The standard InChI is InChI=1S/C15H17N2/c1-3-10-16-11-12-17(13-16)15(4-2)14-8-6-5-7-9-14/h3-9,11-13,15H,1-2,10H2/q+1. The van der Waals surface area contributed by atoms with Crippen LogP contribution in [0.25, 0.3) is 0 Å². The number of hydrogen-bond donors (Lipinski definition) is 0. The Hall–Kier alpha value is -2.09.